The fourth-order valence-corrected chi connectivity index (χ4v) is 2.79. The Bertz CT molecular complexity index is 1060. The average molecular weight is 341 g/mol. The van der Waals surface area contributed by atoms with Gasteiger partial charge in [0.15, 0.2) is 5.65 Å². The number of nitrogens with two attached hydrogens (primary N) is 1. The van der Waals surface area contributed by atoms with Crippen LogP contribution in [0.1, 0.15) is 0 Å². The smallest absolute Gasteiger partial charge is 0.163 e. The molecule has 0 bridgehead atoms. The molecule has 0 unspecified atom stereocenters. The molecular weight excluding hydrogens is 331 g/mol. The molecule has 3 aromatic heterocycles. The quantitative estimate of drug-likeness (QED) is 0.605. The zero-order chi connectivity index (χ0) is 16.7. The fourth-order valence-electron chi connectivity index (χ4n) is 2.54. The molecule has 0 aliphatic carbocycles. The molecule has 0 aliphatic rings. The van der Waals surface area contributed by atoms with E-state index in [0.717, 1.165) is 10.9 Å². The summed E-state index contributed by atoms with van der Waals surface area (Å²) in [6.07, 6.45) is 6.32. The lowest BCUT2D eigenvalue weighted by molar-refractivity contribution is 0.627. The maximum atomic E-state index is 13.3. The summed E-state index contributed by atoms with van der Waals surface area (Å²) < 4.78 is 14.8. The molecule has 2 N–H and O–H groups in total. The van der Waals surface area contributed by atoms with Gasteiger partial charge in [-0.25, -0.2) is 24.0 Å². The van der Waals surface area contributed by atoms with E-state index < -0.39 is 5.82 Å². The molecule has 24 heavy (non-hydrogen) atoms. The van der Waals surface area contributed by atoms with Crippen LogP contribution in [-0.2, 0) is 0 Å². The van der Waals surface area contributed by atoms with Gasteiger partial charge < -0.3 is 5.73 Å². The van der Waals surface area contributed by atoms with Gasteiger partial charge in [0.1, 0.15) is 18.0 Å². The van der Waals surface area contributed by atoms with E-state index in [2.05, 4.69) is 20.1 Å². The number of hydrogen-bond donors (Lipinski definition) is 1. The van der Waals surface area contributed by atoms with Crippen molar-refractivity contribution >= 4 is 28.5 Å². The van der Waals surface area contributed by atoms with Gasteiger partial charge in [0.25, 0.3) is 0 Å². The highest BCUT2D eigenvalue weighted by Crippen LogP contribution is 2.31. The minimum atomic E-state index is -0.414. The summed E-state index contributed by atoms with van der Waals surface area (Å²) in [6, 6.07) is 5.92. The third-order valence-electron chi connectivity index (χ3n) is 3.64. The first kappa shape index (κ1) is 14.5. The van der Waals surface area contributed by atoms with Gasteiger partial charge in [0.05, 0.1) is 16.9 Å². The van der Waals surface area contributed by atoms with Crippen molar-refractivity contribution in [2.75, 3.05) is 5.73 Å². The van der Waals surface area contributed by atoms with Crippen molar-refractivity contribution in [3.8, 4) is 16.8 Å². The number of halogens is 2. The Labute approximate surface area is 140 Å². The van der Waals surface area contributed by atoms with Gasteiger partial charge in [-0.15, -0.1) is 0 Å². The van der Waals surface area contributed by atoms with E-state index in [-0.39, 0.29) is 5.02 Å². The molecule has 4 aromatic rings. The highest BCUT2D eigenvalue weighted by atomic mass is 35.5. The minimum Gasteiger partial charge on any atom is -0.383 e. The minimum absolute atomic E-state index is 0.245. The summed E-state index contributed by atoms with van der Waals surface area (Å²) in [5.74, 6) is -0.0480. The Morgan fingerprint density at radius 3 is 2.75 bits per heavy atom. The van der Waals surface area contributed by atoms with E-state index in [1.54, 1.807) is 29.3 Å². The van der Waals surface area contributed by atoms with Gasteiger partial charge in [-0.2, -0.15) is 5.10 Å². The second kappa shape index (κ2) is 5.54. The molecule has 118 valence electrons. The molecule has 0 saturated carbocycles. The summed E-state index contributed by atoms with van der Waals surface area (Å²) in [5, 5.41) is 5.35. The molecule has 0 aliphatic heterocycles. The van der Waals surface area contributed by atoms with Crippen LogP contribution in [-0.4, -0.2) is 24.7 Å². The standard InChI is InChI=1S/C16H10ClFN6/c17-13-5-9(18)1-2-14(13)24-16-12(7-23-24)10(3-4-21-16)11-6-20-8-22-15(11)19/h1-8H,(H2,19,20,22). The predicted octanol–water partition coefficient (Wildman–Crippen LogP) is 3.25. The van der Waals surface area contributed by atoms with E-state index in [1.807, 2.05) is 6.07 Å². The van der Waals surface area contributed by atoms with Crippen LogP contribution in [0.2, 0.25) is 5.02 Å². The number of nitrogens with zero attached hydrogens (tertiary/aromatic N) is 5. The summed E-state index contributed by atoms with van der Waals surface area (Å²) >= 11 is 6.13. The monoisotopic (exact) mass is 340 g/mol. The van der Waals surface area contributed by atoms with Crippen molar-refractivity contribution in [3.63, 3.8) is 0 Å². The van der Waals surface area contributed by atoms with E-state index >= 15 is 0 Å². The van der Waals surface area contributed by atoms with Gasteiger partial charge >= 0.3 is 0 Å². The third-order valence-corrected chi connectivity index (χ3v) is 3.95. The van der Waals surface area contributed by atoms with E-state index in [4.69, 9.17) is 17.3 Å². The lowest BCUT2D eigenvalue weighted by Gasteiger charge is -2.07. The van der Waals surface area contributed by atoms with Crippen LogP contribution in [0, 0.1) is 5.82 Å². The lowest BCUT2D eigenvalue weighted by Crippen LogP contribution is -1.99. The second-order valence-corrected chi connectivity index (χ2v) is 5.48. The number of fused-ring (bicyclic) bond motifs is 1. The van der Waals surface area contributed by atoms with E-state index in [1.165, 1.54) is 18.5 Å². The second-order valence-electron chi connectivity index (χ2n) is 5.07. The van der Waals surface area contributed by atoms with Crippen LogP contribution in [0.15, 0.2) is 49.2 Å². The molecule has 4 rings (SSSR count). The van der Waals surface area contributed by atoms with Crippen molar-refractivity contribution in [1.82, 2.24) is 24.7 Å². The van der Waals surface area contributed by atoms with Crippen molar-refractivity contribution in [2.45, 2.75) is 0 Å². The topological polar surface area (TPSA) is 82.5 Å². The summed E-state index contributed by atoms with van der Waals surface area (Å²) in [4.78, 5) is 12.4. The van der Waals surface area contributed by atoms with Crippen molar-refractivity contribution < 1.29 is 4.39 Å². The van der Waals surface area contributed by atoms with Gasteiger partial charge in [-0.05, 0) is 24.3 Å². The number of aromatic nitrogens is 5. The van der Waals surface area contributed by atoms with Gasteiger partial charge in [-0.1, -0.05) is 11.6 Å². The maximum absolute atomic E-state index is 13.3. The zero-order valence-electron chi connectivity index (χ0n) is 12.2. The Balaban J connectivity index is 1.96. The first-order valence-corrected chi connectivity index (χ1v) is 7.37. The van der Waals surface area contributed by atoms with Crippen LogP contribution in [0.4, 0.5) is 10.2 Å². The largest absolute Gasteiger partial charge is 0.383 e. The third kappa shape index (κ3) is 2.26. The number of anilines is 1. The van der Waals surface area contributed by atoms with Crippen LogP contribution in [0.5, 0.6) is 0 Å². The Morgan fingerprint density at radius 2 is 1.96 bits per heavy atom. The van der Waals surface area contributed by atoms with Crippen LogP contribution < -0.4 is 5.73 Å². The molecule has 1 aromatic carbocycles. The molecule has 0 spiro atoms. The molecule has 0 amide bonds. The SMILES string of the molecule is Nc1ncncc1-c1ccnc2c1cnn2-c1ccc(F)cc1Cl. The summed E-state index contributed by atoms with van der Waals surface area (Å²) in [5.41, 5.74) is 8.55. The molecule has 6 nitrogen and oxygen atoms in total. The summed E-state index contributed by atoms with van der Waals surface area (Å²) in [6.45, 7) is 0. The maximum Gasteiger partial charge on any atom is 0.163 e. The van der Waals surface area contributed by atoms with Crippen molar-refractivity contribution in [1.29, 1.82) is 0 Å². The molecular formula is C16H10ClFN6. The molecule has 8 heteroatoms. The van der Waals surface area contributed by atoms with Crippen molar-refractivity contribution in [2.24, 2.45) is 0 Å². The molecule has 0 saturated heterocycles. The molecule has 0 radical (unpaired) electrons. The molecule has 3 heterocycles. The van der Waals surface area contributed by atoms with Gasteiger partial charge in [0, 0.05) is 28.9 Å². The number of benzene rings is 1. The van der Waals surface area contributed by atoms with E-state index in [9.17, 15) is 4.39 Å². The van der Waals surface area contributed by atoms with Gasteiger partial charge in [0.2, 0.25) is 0 Å². The lowest BCUT2D eigenvalue weighted by atomic mass is 10.1. The normalized spacial score (nSPS) is 11.1. The average Bonchev–Trinajstić information content (AvgIpc) is 2.99. The number of hydrogen-bond acceptors (Lipinski definition) is 5. The van der Waals surface area contributed by atoms with Crippen LogP contribution in [0.25, 0.3) is 27.8 Å². The Kier molecular flexibility index (Phi) is 3.35. The zero-order valence-corrected chi connectivity index (χ0v) is 12.9. The Morgan fingerprint density at radius 1 is 1.08 bits per heavy atom. The van der Waals surface area contributed by atoms with Crippen LogP contribution in [0.3, 0.4) is 0 Å². The number of pyridine rings is 1. The van der Waals surface area contributed by atoms with Crippen molar-refractivity contribution in [3.05, 3.63) is 60.0 Å². The van der Waals surface area contributed by atoms with E-state index in [0.29, 0.717) is 22.7 Å². The first-order chi connectivity index (χ1) is 11.6. The number of rotatable bonds is 2. The number of nitrogen functional groups attached to an aromatic ring is 1. The highest BCUT2D eigenvalue weighted by molar-refractivity contribution is 6.32. The highest BCUT2D eigenvalue weighted by Gasteiger charge is 2.15. The van der Waals surface area contributed by atoms with Crippen LogP contribution >= 0.6 is 11.6 Å². The molecule has 0 atom stereocenters. The first-order valence-electron chi connectivity index (χ1n) is 6.99. The van der Waals surface area contributed by atoms with Gasteiger partial charge in [-0.3, -0.25) is 0 Å². The summed E-state index contributed by atoms with van der Waals surface area (Å²) in [7, 11) is 0. The predicted molar refractivity (Wildman–Crippen MR) is 89.3 cm³/mol. The molecule has 0 fully saturated rings. The fraction of sp³-hybridized carbons (Fsp3) is 0. The Hall–Kier alpha value is -3.06.